The van der Waals surface area contributed by atoms with Crippen molar-refractivity contribution in [2.24, 2.45) is 0 Å². The minimum atomic E-state index is 0.393. The third kappa shape index (κ3) is 3.81. The van der Waals surface area contributed by atoms with Crippen LogP contribution in [-0.2, 0) is 6.54 Å². The Balaban J connectivity index is 1.25. The molecule has 0 N–H and O–H groups in total. The predicted octanol–water partition coefficient (Wildman–Crippen LogP) is 1.96. The second kappa shape index (κ2) is 8.14. The molecule has 2 aliphatic heterocycles. The molecule has 5 rings (SSSR count). The van der Waals surface area contributed by atoms with Gasteiger partial charge in [-0.25, -0.2) is 9.97 Å². The van der Waals surface area contributed by atoms with Crippen molar-refractivity contribution in [2.75, 3.05) is 50.1 Å². The molecule has 0 bridgehead atoms. The van der Waals surface area contributed by atoms with Crippen LogP contribution in [0.2, 0.25) is 0 Å². The van der Waals surface area contributed by atoms with Gasteiger partial charge in [-0.15, -0.1) is 15.3 Å². The number of aromatic nitrogens is 6. The van der Waals surface area contributed by atoms with Crippen LogP contribution in [0.25, 0.3) is 5.65 Å². The van der Waals surface area contributed by atoms with Crippen molar-refractivity contribution in [3.63, 3.8) is 0 Å². The highest BCUT2D eigenvalue weighted by molar-refractivity contribution is 5.46. The maximum absolute atomic E-state index is 4.89. The van der Waals surface area contributed by atoms with Gasteiger partial charge in [-0.1, -0.05) is 0 Å². The van der Waals surface area contributed by atoms with Crippen LogP contribution >= 0.6 is 0 Å². The zero-order valence-corrected chi connectivity index (χ0v) is 17.8. The van der Waals surface area contributed by atoms with E-state index >= 15 is 0 Å². The van der Waals surface area contributed by atoms with Gasteiger partial charge in [0, 0.05) is 57.6 Å². The summed E-state index contributed by atoms with van der Waals surface area (Å²) in [6.07, 6.45) is 8.49. The van der Waals surface area contributed by atoms with E-state index < -0.39 is 0 Å². The summed E-state index contributed by atoms with van der Waals surface area (Å²) in [6, 6.07) is 4.12. The quantitative estimate of drug-likeness (QED) is 0.635. The molecule has 9 heteroatoms. The molecule has 0 aliphatic carbocycles. The Bertz CT molecular complexity index is 983. The SMILES string of the molecule is CN(C)c1ncc(CN2CCC(c3nnc4ccc(N5CCCC5)nn34)CC2)cn1. The van der Waals surface area contributed by atoms with Crippen LogP contribution in [0.15, 0.2) is 24.5 Å². The van der Waals surface area contributed by atoms with Gasteiger partial charge in [-0.05, 0) is 50.9 Å². The molecule has 2 fully saturated rings. The first-order valence-electron chi connectivity index (χ1n) is 10.9. The molecule has 2 saturated heterocycles. The van der Waals surface area contributed by atoms with Crippen molar-refractivity contribution in [3.8, 4) is 0 Å². The second-order valence-corrected chi connectivity index (χ2v) is 8.55. The topological polar surface area (TPSA) is 78.6 Å². The van der Waals surface area contributed by atoms with Gasteiger partial charge in [-0.2, -0.15) is 4.52 Å². The van der Waals surface area contributed by atoms with Crippen molar-refractivity contribution in [1.29, 1.82) is 0 Å². The fraction of sp³-hybridized carbons (Fsp3) is 0.571. The van der Waals surface area contributed by atoms with Gasteiger partial charge in [0.1, 0.15) is 5.82 Å². The van der Waals surface area contributed by atoms with Gasteiger partial charge in [0.2, 0.25) is 5.95 Å². The molecule has 0 saturated carbocycles. The molecular formula is C21H29N9. The third-order valence-electron chi connectivity index (χ3n) is 6.15. The summed E-state index contributed by atoms with van der Waals surface area (Å²) < 4.78 is 1.97. The lowest BCUT2D eigenvalue weighted by molar-refractivity contribution is 0.200. The lowest BCUT2D eigenvalue weighted by Gasteiger charge is -2.31. The summed E-state index contributed by atoms with van der Waals surface area (Å²) in [6.45, 7) is 5.13. The van der Waals surface area contributed by atoms with Gasteiger partial charge in [0.25, 0.3) is 0 Å². The van der Waals surface area contributed by atoms with Crippen LogP contribution in [0.3, 0.4) is 0 Å². The Morgan fingerprint density at radius 3 is 2.40 bits per heavy atom. The average molecular weight is 408 g/mol. The number of nitrogens with zero attached hydrogens (tertiary/aromatic N) is 9. The summed E-state index contributed by atoms with van der Waals surface area (Å²) in [5, 5.41) is 13.8. The van der Waals surface area contributed by atoms with Gasteiger partial charge in [-0.3, -0.25) is 4.90 Å². The summed E-state index contributed by atoms with van der Waals surface area (Å²) in [5.41, 5.74) is 2.00. The van der Waals surface area contributed by atoms with Crippen LogP contribution in [0.4, 0.5) is 11.8 Å². The van der Waals surface area contributed by atoms with Crippen LogP contribution < -0.4 is 9.80 Å². The Morgan fingerprint density at radius 1 is 0.967 bits per heavy atom. The highest BCUT2D eigenvalue weighted by atomic mass is 15.4. The van der Waals surface area contributed by atoms with Gasteiger partial charge in [0.15, 0.2) is 11.5 Å². The third-order valence-corrected chi connectivity index (χ3v) is 6.15. The van der Waals surface area contributed by atoms with Gasteiger partial charge < -0.3 is 9.80 Å². The Morgan fingerprint density at radius 2 is 1.70 bits per heavy atom. The number of anilines is 2. The average Bonchev–Trinajstić information content (AvgIpc) is 3.44. The summed E-state index contributed by atoms with van der Waals surface area (Å²) in [5.74, 6) is 3.19. The molecule has 5 heterocycles. The van der Waals surface area contributed by atoms with Crippen molar-refractivity contribution in [3.05, 3.63) is 35.9 Å². The van der Waals surface area contributed by atoms with E-state index in [-0.39, 0.29) is 0 Å². The van der Waals surface area contributed by atoms with E-state index in [4.69, 9.17) is 5.10 Å². The zero-order chi connectivity index (χ0) is 20.5. The Kier molecular flexibility index (Phi) is 5.20. The molecule has 3 aromatic rings. The van der Waals surface area contributed by atoms with E-state index in [0.29, 0.717) is 5.92 Å². The van der Waals surface area contributed by atoms with E-state index in [0.717, 1.165) is 74.4 Å². The van der Waals surface area contributed by atoms with Gasteiger partial charge in [0.05, 0.1) is 0 Å². The van der Waals surface area contributed by atoms with Crippen LogP contribution in [-0.4, -0.2) is 75.0 Å². The predicted molar refractivity (Wildman–Crippen MR) is 116 cm³/mol. The second-order valence-electron chi connectivity index (χ2n) is 8.55. The number of fused-ring (bicyclic) bond motifs is 1. The fourth-order valence-corrected chi connectivity index (χ4v) is 4.43. The van der Waals surface area contributed by atoms with Crippen LogP contribution in [0, 0.1) is 0 Å². The number of hydrogen-bond donors (Lipinski definition) is 0. The van der Waals surface area contributed by atoms with E-state index in [9.17, 15) is 0 Å². The van der Waals surface area contributed by atoms with E-state index in [1.807, 2.05) is 42.0 Å². The first-order valence-corrected chi connectivity index (χ1v) is 10.9. The monoisotopic (exact) mass is 407 g/mol. The molecule has 0 spiro atoms. The summed E-state index contributed by atoms with van der Waals surface area (Å²) in [7, 11) is 3.91. The highest BCUT2D eigenvalue weighted by Crippen LogP contribution is 2.28. The molecule has 3 aromatic heterocycles. The Hall–Kier alpha value is -2.81. The highest BCUT2D eigenvalue weighted by Gasteiger charge is 2.26. The first kappa shape index (κ1) is 19.2. The molecule has 0 radical (unpaired) electrons. The normalized spacial score (nSPS) is 18.4. The molecule has 30 heavy (non-hydrogen) atoms. The molecule has 158 valence electrons. The Labute approximate surface area is 176 Å². The number of hydrogen-bond acceptors (Lipinski definition) is 8. The number of rotatable bonds is 5. The maximum Gasteiger partial charge on any atom is 0.224 e. The van der Waals surface area contributed by atoms with Crippen molar-refractivity contribution < 1.29 is 0 Å². The van der Waals surface area contributed by atoms with E-state index in [1.165, 1.54) is 12.8 Å². The summed E-state index contributed by atoms with van der Waals surface area (Å²) >= 11 is 0. The van der Waals surface area contributed by atoms with E-state index in [1.54, 1.807) is 0 Å². The molecule has 0 amide bonds. The molecule has 0 aromatic carbocycles. The maximum atomic E-state index is 4.89. The zero-order valence-electron chi connectivity index (χ0n) is 17.8. The minimum absolute atomic E-state index is 0.393. The van der Waals surface area contributed by atoms with Gasteiger partial charge >= 0.3 is 0 Å². The number of piperidine rings is 1. The van der Waals surface area contributed by atoms with Crippen LogP contribution in [0.5, 0.6) is 0 Å². The smallest absolute Gasteiger partial charge is 0.224 e. The minimum Gasteiger partial charge on any atom is -0.355 e. The molecule has 2 aliphatic rings. The molecule has 0 atom stereocenters. The lowest BCUT2D eigenvalue weighted by Crippen LogP contribution is -2.33. The van der Waals surface area contributed by atoms with E-state index in [2.05, 4.69) is 36.0 Å². The standard InChI is InChI=1S/C21H29N9/c1-27(2)21-22-13-16(14-23-21)15-28-11-7-17(8-12-28)20-25-24-18-5-6-19(26-30(18)20)29-9-3-4-10-29/h5-6,13-14,17H,3-4,7-12,15H2,1-2H3. The van der Waals surface area contributed by atoms with Crippen LogP contribution in [0.1, 0.15) is 43.0 Å². The molecule has 9 nitrogen and oxygen atoms in total. The molecular weight excluding hydrogens is 378 g/mol. The summed E-state index contributed by atoms with van der Waals surface area (Å²) in [4.78, 5) is 15.6. The van der Waals surface area contributed by atoms with Crippen molar-refractivity contribution in [2.45, 2.75) is 38.1 Å². The first-order chi connectivity index (χ1) is 14.7. The molecule has 0 unspecified atom stereocenters. The number of likely N-dealkylation sites (tertiary alicyclic amines) is 1. The fourth-order valence-electron chi connectivity index (χ4n) is 4.43. The largest absolute Gasteiger partial charge is 0.355 e. The van der Waals surface area contributed by atoms with Crippen molar-refractivity contribution in [1.82, 2.24) is 34.7 Å². The van der Waals surface area contributed by atoms with Crippen molar-refractivity contribution >= 4 is 17.4 Å². The lowest BCUT2D eigenvalue weighted by atomic mass is 9.96.